The van der Waals surface area contributed by atoms with Crippen molar-refractivity contribution in [2.24, 2.45) is 11.5 Å². The zero-order valence-electron chi connectivity index (χ0n) is 8.11. The van der Waals surface area contributed by atoms with Gasteiger partial charge in [0.05, 0.1) is 0 Å². The van der Waals surface area contributed by atoms with Gasteiger partial charge >= 0.3 is 11.9 Å². The first-order valence-electron chi connectivity index (χ1n) is 3.90. The smallest absolute Gasteiger partial charge is 0.333 e. The van der Waals surface area contributed by atoms with Crippen LogP contribution in [0.2, 0.25) is 0 Å². The van der Waals surface area contributed by atoms with Crippen molar-refractivity contribution in [1.82, 2.24) is 4.90 Å². The molecule has 0 aliphatic rings. The van der Waals surface area contributed by atoms with Gasteiger partial charge in [-0.1, -0.05) is 0 Å². The van der Waals surface area contributed by atoms with Gasteiger partial charge in [0.2, 0.25) is 0 Å². The molecule has 0 aliphatic heterocycles. The summed E-state index contributed by atoms with van der Waals surface area (Å²) in [6.07, 6.45) is 0. The topological polar surface area (TPSA) is 123 Å². The lowest BCUT2D eigenvalue weighted by Crippen LogP contribution is -2.39. The predicted octanol–water partition coefficient (Wildman–Crippen LogP) is -1.77. The summed E-state index contributed by atoms with van der Waals surface area (Å²) >= 11 is 0. The number of guanidine groups is 1. The number of ether oxygens (including phenoxy) is 1. The third-order valence-electron chi connectivity index (χ3n) is 1.36. The minimum Gasteiger partial charge on any atom is -0.391 e. The van der Waals surface area contributed by atoms with Crippen molar-refractivity contribution < 1.29 is 14.3 Å². The van der Waals surface area contributed by atoms with E-state index in [0.717, 1.165) is 4.90 Å². The summed E-state index contributed by atoms with van der Waals surface area (Å²) in [6, 6.07) is -0.846. The fraction of sp³-hybridized carbons (Fsp3) is 0.571. The van der Waals surface area contributed by atoms with Crippen LogP contribution in [0.3, 0.4) is 0 Å². The molecular weight excluding hydrogens is 188 g/mol. The van der Waals surface area contributed by atoms with E-state index in [-0.39, 0.29) is 12.5 Å². The first-order valence-corrected chi connectivity index (χ1v) is 3.90. The lowest BCUT2D eigenvalue weighted by molar-refractivity contribution is -0.160. The van der Waals surface area contributed by atoms with Gasteiger partial charge in [-0.3, -0.25) is 5.41 Å². The van der Waals surface area contributed by atoms with Gasteiger partial charge in [-0.15, -0.1) is 0 Å². The Morgan fingerprint density at radius 1 is 1.57 bits per heavy atom. The van der Waals surface area contributed by atoms with E-state index in [2.05, 4.69) is 4.74 Å². The monoisotopic (exact) mass is 202 g/mol. The van der Waals surface area contributed by atoms with Crippen molar-refractivity contribution in [2.45, 2.75) is 13.0 Å². The Morgan fingerprint density at radius 3 is 2.43 bits per heavy atom. The van der Waals surface area contributed by atoms with Gasteiger partial charge < -0.3 is 21.1 Å². The summed E-state index contributed by atoms with van der Waals surface area (Å²) in [5.74, 6) is -1.87. The van der Waals surface area contributed by atoms with Gasteiger partial charge in [-0.05, 0) is 6.92 Å². The lowest BCUT2D eigenvalue weighted by Gasteiger charge is -2.14. The van der Waals surface area contributed by atoms with E-state index in [1.54, 1.807) is 0 Å². The number of likely N-dealkylation sites (N-methyl/N-ethyl adjacent to an activating group) is 1. The third kappa shape index (κ3) is 4.41. The number of carbonyl (C=O) groups is 2. The van der Waals surface area contributed by atoms with Gasteiger partial charge in [0.1, 0.15) is 12.6 Å². The van der Waals surface area contributed by atoms with Crippen LogP contribution in [-0.2, 0) is 14.3 Å². The first-order chi connectivity index (χ1) is 6.34. The van der Waals surface area contributed by atoms with Crippen LogP contribution in [-0.4, -0.2) is 42.4 Å². The highest BCUT2D eigenvalue weighted by molar-refractivity contribution is 5.90. The maximum absolute atomic E-state index is 11.0. The summed E-state index contributed by atoms with van der Waals surface area (Å²) in [5.41, 5.74) is 10.2. The van der Waals surface area contributed by atoms with Crippen molar-refractivity contribution in [1.29, 1.82) is 5.41 Å². The van der Waals surface area contributed by atoms with Gasteiger partial charge in [0, 0.05) is 7.05 Å². The number of rotatable bonds is 3. The summed E-state index contributed by atoms with van der Waals surface area (Å²) in [6.45, 7) is 1.15. The highest BCUT2D eigenvalue weighted by Gasteiger charge is 2.16. The summed E-state index contributed by atoms with van der Waals surface area (Å²) in [5, 5.41) is 6.95. The predicted molar refractivity (Wildman–Crippen MR) is 49.3 cm³/mol. The number of hydrogen-bond donors (Lipinski definition) is 3. The molecule has 0 fully saturated rings. The number of hydrogen-bond acceptors (Lipinski definition) is 5. The number of esters is 2. The second kappa shape index (κ2) is 5.18. The minimum absolute atomic E-state index is 0.256. The Hall–Kier alpha value is -1.63. The average Bonchev–Trinajstić information content (AvgIpc) is 2.03. The van der Waals surface area contributed by atoms with Crippen molar-refractivity contribution >= 4 is 17.9 Å². The Labute approximate surface area is 81.5 Å². The molecule has 0 spiro atoms. The lowest BCUT2D eigenvalue weighted by atomic mass is 10.4. The van der Waals surface area contributed by atoms with Crippen LogP contribution in [0.25, 0.3) is 0 Å². The van der Waals surface area contributed by atoms with Crippen molar-refractivity contribution in [3.63, 3.8) is 0 Å². The van der Waals surface area contributed by atoms with E-state index in [9.17, 15) is 9.59 Å². The van der Waals surface area contributed by atoms with E-state index < -0.39 is 18.0 Å². The zero-order chi connectivity index (χ0) is 11.3. The second-order valence-corrected chi connectivity index (χ2v) is 2.82. The maximum Gasteiger partial charge on any atom is 0.333 e. The van der Waals surface area contributed by atoms with E-state index in [1.807, 2.05) is 0 Å². The molecule has 0 rings (SSSR count). The molecule has 0 saturated carbocycles. The molecule has 5 N–H and O–H groups in total. The van der Waals surface area contributed by atoms with Crippen LogP contribution in [0.5, 0.6) is 0 Å². The molecule has 0 aliphatic carbocycles. The second-order valence-electron chi connectivity index (χ2n) is 2.82. The number of nitrogens with one attached hydrogen (secondary N) is 1. The van der Waals surface area contributed by atoms with E-state index >= 15 is 0 Å². The average molecular weight is 202 g/mol. The van der Waals surface area contributed by atoms with Crippen molar-refractivity contribution in [3.05, 3.63) is 0 Å². The van der Waals surface area contributed by atoms with Gasteiger partial charge in [0.25, 0.3) is 0 Å². The molecule has 0 bridgehead atoms. The van der Waals surface area contributed by atoms with Crippen molar-refractivity contribution in [2.75, 3.05) is 13.6 Å². The number of nitrogens with zero attached hydrogens (tertiary/aromatic N) is 1. The molecule has 7 heteroatoms. The normalized spacial score (nSPS) is 11.6. The van der Waals surface area contributed by atoms with Crippen LogP contribution >= 0.6 is 0 Å². The van der Waals surface area contributed by atoms with Crippen LogP contribution < -0.4 is 11.5 Å². The minimum atomic E-state index is -0.846. The summed E-state index contributed by atoms with van der Waals surface area (Å²) in [7, 11) is 1.43. The summed E-state index contributed by atoms with van der Waals surface area (Å²) in [4.78, 5) is 22.9. The van der Waals surface area contributed by atoms with E-state index in [0.29, 0.717) is 0 Å². The molecule has 0 saturated heterocycles. The molecule has 0 unspecified atom stereocenters. The SMILES string of the molecule is C[C@H](N)C(=O)OC(=O)CN(C)C(=N)N. The molecule has 7 nitrogen and oxygen atoms in total. The Kier molecular flexibility index (Phi) is 4.57. The van der Waals surface area contributed by atoms with E-state index in [4.69, 9.17) is 16.9 Å². The Balaban J connectivity index is 3.99. The van der Waals surface area contributed by atoms with Gasteiger partial charge in [-0.25, -0.2) is 9.59 Å². The molecule has 0 heterocycles. The quantitative estimate of drug-likeness (QED) is 0.215. The van der Waals surface area contributed by atoms with Crippen molar-refractivity contribution in [3.8, 4) is 0 Å². The highest BCUT2D eigenvalue weighted by atomic mass is 16.6. The number of nitrogens with two attached hydrogens (primary N) is 2. The third-order valence-corrected chi connectivity index (χ3v) is 1.36. The molecule has 14 heavy (non-hydrogen) atoms. The van der Waals surface area contributed by atoms with Gasteiger partial charge in [0.15, 0.2) is 5.96 Å². The molecule has 0 aromatic carbocycles. The molecule has 0 radical (unpaired) electrons. The van der Waals surface area contributed by atoms with Crippen LogP contribution in [0.15, 0.2) is 0 Å². The molecule has 1 atom stereocenters. The highest BCUT2D eigenvalue weighted by Crippen LogP contribution is 1.88. The fourth-order valence-corrected chi connectivity index (χ4v) is 0.516. The molecule has 0 aromatic heterocycles. The van der Waals surface area contributed by atoms with Crippen LogP contribution in [0.1, 0.15) is 6.92 Å². The maximum atomic E-state index is 11.0. The fourth-order valence-electron chi connectivity index (χ4n) is 0.516. The molecule has 80 valence electrons. The molecule has 0 amide bonds. The Bertz CT molecular complexity index is 251. The first kappa shape index (κ1) is 12.4. The van der Waals surface area contributed by atoms with Gasteiger partial charge in [-0.2, -0.15) is 0 Å². The summed E-state index contributed by atoms with van der Waals surface area (Å²) < 4.78 is 4.34. The van der Waals surface area contributed by atoms with Crippen LogP contribution in [0, 0.1) is 5.41 Å². The standard InChI is InChI=1S/C7H14N4O3/c1-4(8)6(13)14-5(12)3-11(2)7(9)10/h4H,3,8H2,1-2H3,(H3,9,10)/t4-/m0/s1. The molecule has 0 aromatic rings. The zero-order valence-corrected chi connectivity index (χ0v) is 8.11. The Morgan fingerprint density at radius 2 is 2.07 bits per heavy atom. The molecular formula is C7H14N4O3. The number of carbonyl (C=O) groups excluding carboxylic acids is 2. The largest absolute Gasteiger partial charge is 0.391 e. The van der Waals surface area contributed by atoms with E-state index in [1.165, 1.54) is 14.0 Å². The van der Waals surface area contributed by atoms with Crippen LogP contribution in [0.4, 0.5) is 0 Å².